The second-order valence-corrected chi connectivity index (χ2v) is 4.79. The maximum atomic E-state index is 10.9. The minimum atomic E-state index is -1.07. The number of hydrogen-bond donors (Lipinski definition) is 2. The smallest absolute Gasteiger partial charge is 0.335 e. The van der Waals surface area contributed by atoms with Crippen LogP contribution in [0.1, 0.15) is 15.9 Å². The fourth-order valence-electron chi connectivity index (χ4n) is 1.79. The molecule has 0 saturated carbocycles. The molecule has 0 heterocycles. The highest BCUT2D eigenvalue weighted by molar-refractivity contribution is 6.33. The number of nitro benzene ring substituents is 1. The predicted molar refractivity (Wildman–Crippen MR) is 79.5 cm³/mol. The lowest BCUT2D eigenvalue weighted by Crippen LogP contribution is -1.99. The first kappa shape index (κ1) is 14.8. The number of anilines is 2. The molecule has 0 spiro atoms. The van der Waals surface area contributed by atoms with Gasteiger partial charge in [-0.1, -0.05) is 17.7 Å². The third-order valence-electron chi connectivity index (χ3n) is 2.90. The molecule has 0 atom stereocenters. The molecule has 2 rings (SSSR count). The Balaban J connectivity index is 2.32. The molecule has 0 aliphatic carbocycles. The van der Waals surface area contributed by atoms with Gasteiger partial charge in [-0.25, -0.2) is 4.79 Å². The lowest BCUT2D eigenvalue weighted by molar-refractivity contribution is -0.385. The van der Waals surface area contributed by atoms with Gasteiger partial charge in [0.25, 0.3) is 5.69 Å². The van der Waals surface area contributed by atoms with Crippen LogP contribution in [-0.2, 0) is 0 Å². The summed E-state index contributed by atoms with van der Waals surface area (Å²) in [6, 6.07) is 8.94. The average Bonchev–Trinajstić information content (AvgIpc) is 2.42. The second-order valence-electron chi connectivity index (χ2n) is 4.38. The minimum Gasteiger partial charge on any atom is -0.478 e. The highest BCUT2D eigenvalue weighted by atomic mass is 35.5. The molecule has 0 unspecified atom stereocenters. The molecular weight excluding hydrogens is 296 g/mol. The fraction of sp³-hybridized carbons (Fsp3) is 0.0714. The number of carboxylic acid groups (broad SMARTS) is 1. The Bertz CT molecular complexity index is 731. The van der Waals surface area contributed by atoms with Crippen molar-refractivity contribution < 1.29 is 14.8 Å². The fourth-order valence-corrected chi connectivity index (χ4v) is 2.02. The Hall–Kier alpha value is -2.60. The zero-order chi connectivity index (χ0) is 15.6. The number of rotatable bonds is 4. The van der Waals surface area contributed by atoms with E-state index in [0.29, 0.717) is 16.9 Å². The molecule has 0 aliphatic heterocycles. The Kier molecular flexibility index (Phi) is 4.09. The van der Waals surface area contributed by atoms with Crippen molar-refractivity contribution in [2.75, 3.05) is 5.32 Å². The van der Waals surface area contributed by atoms with Crippen LogP contribution in [0.4, 0.5) is 17.1 Å². The van der Waals surface area contributed by atoms with Crippen LogP contribution in [0, 0.1) is 17.0 Å². The number of hydrogen-bond acceptors (Lipinski definition) is 4. The topological polar surface area (TPSA) is 92.5 Å². The summed E-state index contributed by atoms with van der Waals surface area (Å²) in [4.78, 5) is 21.3. The van der Waals surface area contributed by atoms with E-state index in [1.54, 1.807) is 19.1 Å². The van der Waals surface area contributed by atoms with Gasteiger partial charge in [-0.3, -0.25) is 10.1 Å². The SMILES string of the molecule is Cc1ccc(Nc2ccc(C(=O)O)cc2Cl)cc1[N+](=O)[O-]. The van der Waals surface area contributed by atoms with E-state index in [-0.39, 0.29) is 16.3 Å². The molecule has 0 radical (unpaired) electrons. The number of carboxylic acids is 1. The molecular formula is C14H11ClN2O4. The van der Waals surface area contributed by atoms with Gasteiger partial charge in [0.1, 0.15) is 0 Å². The van der Waals surface area contributed by atoms with Gasteiger partial charge in [0.15, 0.2) is 0 Å². The second kappa shape index (κ2) is 5.80. The predicted octanol–water partition coefficient (Wildman–Crippen LogP) is 4.00. The van der Waals surface area contributed by atoms with Crippen molar-refractivity contribution in [1.82, 2.24) is 0 Å². The number of carbonyl (C=O) groups is 1. The van der Waals surface area contributed by atoms with Crippen molar-refractivity contribution in [3.8, 4) is 0 Å². The van der Waals surface area contributed by atoms with Crippen LogP contribution in [0.5, 0.6) is 0 Å². The summed E-state index contributed by atoms with van der Waals surface area (Å²) in [5, 5.41) is 22.9. The number of aromatic carboxylic acids is 1. The van der Waals surface area contributed by atoms with Gasteiger partial charge in [-0.05, 0) is 31.2 Å². The molecule has 0 saturated heterocycles. The van der Waals surface area contributed by atoms with E-state index >= 15 is 0 Å². The number of halogens is 1. The van der Waals surface area contributed by atoms with Crippen molar-refractivity contribution in [2.24, 2.45) is 0 Å². The molecule has 108 valence electrons. The lowest BCUT2D eigenvalue weighted by Gasteiger charge is -2.09. The van der Waals surface area contributed by atoms with Crippen molar-refractivity contribution >= 4 is 34.6 Å². The third kappa shape index (κ3) is 3.29. The van der Waals surface area contributed by atoms with E-state index < -0.39 is 10.9 Å². The summed E-state index contributed by atoms with van der Waals surface area (Å²) >= 11 is 6.00. The van der Waals surface area contributed by atoms with Gasteiger partial charge >= 0.3 is 5.97 Å². The third-order valence-corrected chi connectivity index (χ3v) is 3.21. The maximum Gasteiger partial charge on any atom is 0.335 e. The molecule has 21 heavy (non-hydrogen) atoms. The number of nitro groups is 1. The van der Waals surface area contributed by atoms with E-state index in [0.717, 1.165) is 0 Å². The summed E-state index contributed by atoms with van der Waals surface area (Å²) in [6.45, 7) is 1.65. The number of nitrogens with one attached hydrogen (secondary N) is 1. The normalized spacial score (nSPS) is 10.2. The molecule has 0 amide bonds. The molecule has 0 aromatic heterocycles. The molecule has 2 N–H and O–H groups in total. The van der Waals surface area contributed by atoms with Crippen molar-refractivity contribution in [1.29, 1.82) is 0 Å². The summed E-state index contributed by atoms with van der Waals surface area (Å²) < 4.78 is 0. The largest absolute Gasteiger partial charge is 0.478 e. The van der Waals surface area contributed by atoms with Gasteiger partial charge in [-0.2, -0.15) is 0 Å². The first-order valence-corrected chi connectivity index (χ1v) is 6.31. The monoisotopic (exact) mass is 306 g/mol. The average molecular weight is 307 g/mol. The highest BCUT2D eigenvalue weighted by Crippen LogP contribution is 2.29. The van der Waals surface area contributed by atoms with E-state index in [1.165, 1.54) is 24.3 Å². The zero-order valence-electron chi connectivity index (χ0n) is 11.0. The minimum absolute atomic E-state index is 0.00159. The molecule has 0 aliphatic rings. The van der Waals surface area contributed by atoms with Gasteiger partial charge in [0.05, 0.1) is 21.2 Å². The molecule has 2 aromatic carbocycles. The lowest BCUT2D eigenvalue weighted by atomic mass is 10.1. The van der Waals surface area contributed by atoms with Crippen LogP contribution in [0.3, 0.4) is 0 Å². The summed E-state index contributed by atoms with van der Waals surface area (Å²) in [5.74, 6) is -1.07. The molecule has 2 aromatic rings. The molecule has 0 fully saturated rings. The van der Waals surface area contributed by atoms with E-state index in [1.807, 2.05) is 0 Å². The summed E-state index contributed by atoms with van der Waals surface area (Å²) in [7, 11) is 0. The Morgan fingerprint density at radius 2 is 2.00 bits per heavy atom. The first-order chi connectivity index (χ1) is 9.88. The van der Waals surface area contributed by atoms with E-state index in [2.05, 4.69) is 5.32 Å². The number of aryl methyl sites for hydroxylation is 1. The molecule has 0 bridgehead atoms. The van der Waals surface area contributed by atoms with Crippen molar-refractivity contribution in [3.63, 3.8) is 0 Å². The van der Waals surface area contributed by atoms with E-state index in [9.17, 15) is 14.9 Å². The molecule has 7 heteroatoms. The Morgan fingerprint density at radius 1 is 1.29 bits per heavy atom. The van der Waals surface area contributed by atoms with Crippen LogP contribution < -0.4 is 5.32 Å². The van der Waals surface area contributed by atoms with Crippen molar-refractivity contribution in [3.05, 3.63) is 62.7 Å². The number of benzene rings is 2. The highest BCUT2D eigenvalue weighted by Gasteiger charge is 2.12. The van der Waals surface area contributed by atoms with Gasteiger partial charge in [0, 0.05) is 17.3 Å². The quantitative estimate of drug-likeness (QED) is 0.658. The van der Waals surface area contributed by atoms with Gasteiger partial charge in [-0.15, -0.1) is 0 Å². The first-order valence-electron chi connectivity index (χ1n) is 5.93. The van der Waals surface area contributed by atoms with Crippen molar-refractivity contribution in [2.45, 2.75) is 6.92 Å². The Labute approximate surface area is 125 Å². The number of nitrogens with zero attached hydrogens (tertiary/aromatic N) is 1. The zero-order valence-corrected chi connectivity index (χ0v) is 11.7. The van der Waals surface area contributed by atoms with Gasteiger partial charge in [0.2, 0.25) is 0 Å². The van der Waals surface area contributed by atoms with Crippen LogP contribution in [0.25, 0.3) is 0 Å². The summed E-state index contributed by atoms with van der Waals surface area (Å²) in [6.07, 6.45) is 0. The van der Waals surface area contributed by atoms with E-state index in [4.69, 9.17) is 16.7 Å². The van der Waals surface area contributed by atoms with Gasteiger partial charge < -0.3 is 10.4 Å². The van der Waals surface area contributed by atoms with Crippen LogP contribution in [-0.4, -0.2) is 16.0 Å². The summed E-state index contributed by atoms with van der Waals surface area (Å²) in [5.41, 5.74) is 1.59. The maximum absolute atomic E-state index is 10.9. The van der Waals surface area contributed by atoms with Crippen LogP contribution >= 0.6 is 11.6 Å². The Morgan fingerprint density at radius 3 is 2.57 bits per heavy atom. The van der Waals surface area contributed by atoms with Crippen LogP contribution in [0.15, 0.2) is 36.4 Å². The van der Waals surface area contributed by atoms with Crippen LogP contribution in [0.2, 0.25) is 5.02 Å². The standard InChI is InChI=1S/C14H11ClN2O4/c1-8-2-4-10(7-13(8)17(20)21)16-12-5-3-9(14(18)19)6-11(12)15/h2-7,16H,1H3,(H,18,19). The molecule has 6 nitrogen and oxygen atoms in total.